The molecule has 1 aromatic heterocycles. The van der Waals surface area contributed by atoms with E-state index in [1.165, 1.54) is 7.11 Å². The molecule has 2 rings (SSSR count). The van der Waals surface area contributed by atoms with Crippen LogP contribution < -0.4 is 4.74 Å². The lowest BCUT2D eigenvalue weighted by Gasteiger charge is -2.06. The third-order valence-corrected chi connectivity index (χ3v) is 3.14. The summed E-state index contributed by atoms with van der Waals surface area (Å²) < 4.78 is 9.99. The third kappa shape index (κ3) is 2.34. The first-order valence-electron chi connectivity index (χ1n) is 6.00. The lowest BCUT2D eigenvalue weighted by atomic mass is 10.0. The lowest BCUT2D eigenvalue weighted by molar-refractivity contribution is 0.0601. The molecule has 100 valence electrons. The van der Waals surface area contributed by atoms with Crippen LogP contribution in [0.25, 0.3) is 11.1 Å². The highest BCUT2D eigenvalue weighted by Crippen LogP contribution is 2.31. The largest absolute Gasteiger partial charge is 0.497 e. The quantitative estimate of drug-likeness (QED) is 0.862. The van der Waals surface area contributed by atoms with Gasteiger partial charge in [-0.3, -0.25) is 0 Å². The molecule has 0 saturated heterocycles. The number of rotatable bonds is 3. The normalized spacial score (nSPS) is 10.3. The number of hydrogen-bond donors (Lipinski definition) is 1. The van der Waals surface area contributed by atoms with E-state index in [0.29, 0.717) is 5.56 Å². The molecule has 0 aliphatic heterocycles. The molecule has 0 amide bonds. The van der Waals surface area contributed by atoms with E-state index >= 15 is 0 Å². The van der Waals surface area contributed by atoms with Crippen molar-refractivity contribution in [2.75, 3.05) is 14.2 Å². The Labute approximate surface area is 112 Å². The Morgan fingerprint density at radius 2 is 1.68 bits per heavy atom. The molecule has 1 N–H and O–H groups in total. The van der Waals surface area contributed by atoms with Crippen LogP contribution in [0.4, 0.5) is 0 Å². The van der Waals surface area contributed by atoms with Crippen LogP contribution in [0.1, 0.15) is 21.7 Å². The van der Waals surface area contributed by atoms with Gasteiger partial charge in [-0.2, -0.15) is 0 Å². The standard InChI is InChI=1S/C15H17NO3/c1-9-13(11-5-7-12(18-3)8-6-11)14(10(2)16-9)15(17)19-4/h5-8,16H,1-4H3. The minimum Gasteiger partial charge on any atom is -0.497 e. The lowest BCUT2D eigenvalue weighted by Crippen LogP contribution is -2.03. The number of H-pyrrole nitrogens is 1. The molecule has 4 heteroatoms. The van der Waals surface area contributed by atoms with E-state index in [2.05, 4.69) is 4.98 Å². The van der Waals surface area contributed by atoms with Crippen molar-refractivity contribution in [3.63, 3.8) is 0 Å². The molecule has 19 heavy (non-hydrogen) atoms. The van der Waals surface area contributed by atoms with E-state index in [4.69, 9.17) is 9.47 Å². The van der Waals surface area contributed by atoms with Gasteiger partial charge < -0.3 is 14.5 Å². The molecule has 4 nitrogen and oxygen atoms in total. The van der Waals surface area contributed by atoms with Crippen molar-refractivity contribution in [2.24, 2.45) is 0 Å². The van der Waals surface area contributed by atoms with Gasteiger partial charge in [0.2, 0.25) is 0 Å². The van der Waals surface area contributed by atoms with Crippen molar-refractivity contribution in [1.82, 2.24) is 4.98 Å². The van der Waals surface area contributed by atoms with Crippen LogP contribution >= 0.6 is 0 Å². The summed E-state index contributed by atoms with van der Waals surface area (Å²) in [6.07, 6.45) is 0. The van der Waals surface area contributed by atoms with E-state index in [9.17, 15) is 4.79 Å². The van der Waals surface area contributed by atoms with Gasteiger partial charge in [-0.05, 0) is 31.5 Å². The zero-order chi connectivity index (χ0) is 14.0. The average molecular weight is 259 g/mol. The SMILES string of the molecule is COC(=O)c1c(C)[nH]c(C)c1-c1ccc(OC)cc1. The summed E-state index contributed by atoms with van der Waals surface area (Å²) in [5, 5.41) is 0. The van der Waals surface area contributed by atoms with Crippen LogP contribution in [0.3, 0.4) is 0 Å². The van der Waals surface area contributed by atoms with Gasteiger partial charge >= 0.3 is 5.97 Å². The summed E-state index contributed by atoms with van der Waals surface area (Å²) in [5.41, 5.74) is 4.19. The number of aryl methyl sites for hydroxylation is 2. The molecule has 0 radical (unpaired) electrons. The summed E-state index contributed by atoms with van der Waals surface area (Å²) in [7, 11) is 3.02. The minimum atomic E-state index is -0.326. The molecule has 0 spiro atoms. The molecule has 0 bridgehead atoms. The number of esters is 1. The highest BCUT2D eigenvalue weighted by Gasteiger charge is 2.20. The number of methoxy groups -OCH3 is 2. The third-order valence-electron chi connectivity index (χ3n) is 3.14. The number of aromatic nitrogens is 1. The number of ether oxygens (including phenoxy) is 2. The highest BCUT2D eigenvalue weighted by molar-refractivity contribution is 5.99. The van der Waals surface area contributed by atoms with Crippen molar-refractivity contribution < 1.29 is 14.3 Å². The molecular formula is C15H17NO3. The predicted octanol–water partition coefficient (Wildman–Crippen LogP) is 3.09. The van der Waals surface area contributed by atoms with Crippen molar-refractivity contribution in [2.45, 2.75) is 13.8 Å². The monoisotopic (exact) mass is 259 g/mol. The second kappa shape index (κ2) is 5.18. The first-order chi connectivity index (χ1) is 9.08. The Bertz CT molecular complexity index is 597. The smallest absolute Gasteiger partial charge is 0.340 e. The molecule has 1 aromatic carbocycles. The minimum absolute atomic E-state index is 0.326. The van der Waals surface area contributed by atoms with Crippen LogP contribution in [0, 0.1) is 13.8 Å². The van der Waals surface area contributed by atoms with Gasteiger partial charge in [-0.15, -0.1) is 0 Å². The predicted molar refractivity (Wildman–Crippen MR) is 73.6 cm³/mol. The van der Waals surface area contributed by atoms with E-state index in [1.807, 2.05) is 38.1 Å². The molecule has 0 aliphatic rings. The number of nitrogens with one attached hydrogen (secondary N) is 1. The molecule has 0 fully saturated rings. The molecule has 0 atom stereocenters. The summed E-state index contributed by atoms with van der Waals surface area (Å²) in [4.78, 5) is 15.1. The zero-order valence-corrected chi connectivity index (χ0v) is 11.5. The van der Waals surface area contributed by atoms with Crippen LogP contribution in [0.15, 0.2) is 24.3 Å². The Morgan fingerprint density at radius 3 is 2.21 bits per heavy atom. The molecule has 2 aromatic rings. The number of carbonyl (C=O) groups excluding carboxylic acids is 1. The Kier molecular flexibility index (Phi) is 3.60. The first-order valence-corrected chi connectivity index (χ1v) is 6.00. The second-order valence-corrected chi connectivity index (χ2v) is 4.35. The zero-order valence-electron chi connectivity index (χ0n) is 11.5. The summed E-state index contributed by atoms with van der Waals surface area (Å²) >= 11 is 0. The molecule has 0 aliphatic carbocycles. The van der Waals surface area contributed by atoms with Crippen LogP contribution in [-0.4, -0.2) is 25.2 Å². The summed E-state index contributed by atoms with van der Waals surface area (Å²) in [6, 6.07) is 7.61. The van der Waals surface area contributed by atoms with Crippen molar-refractivity contribution in [3.8, 4) is 16.9 Å². The van der Waals surface area contributed by atoms with Crippen molar-refractivity contribution in [1.29, 1.82) is 0 Å². The van der Waals surface area contributed by atoms with E-state index < -0.39 is 0 Å². The fraction of sp³-hybridized carbons (Fsp3) is 0.267. The number of aromatic amines is 1. The Balaban J connectivity index is 2.57. The Morgan fingerprint density at radius 1 is 1.05 bits per heavy atom. The maximum atomic E-state index is 11.9. The summed E-state index contributed by atoms with van der Waals surface area (Å²) in [6.45, 7) is 3.81. The number of carbonyl (C=O) groups is 1. The van der Waals surface area contributed by atoms with Crippen LogP contribution in [0.2, 0.25) is 0 Å². The van der Waals surface area contributed by atoms with E-state index in [-0.39, 0.29) is 5.97 Å². The molecule has 1 heterocycles. The Hall–Kier alpha value is -2.23. The fourth-order valence-corrected chi connectivity index (χ4v) is 2.26. The van der Waals surface area contributed by atoms with Crippen LogP contribution in [-0.2, 0) is 4.74 Å². The molecular weight excluding hydrogens is 242 g/mol. The van der Waals surface area contributed by atoms with Gasteiger partial charge in [-0.1, -0.05) is 12.1 Å². The second-order valence-electron chi connectivity index (χ2n) is 4.35. The fourth-order valence-electron chi connectivity index (χ4n) is 2.26. The van der Waals surface area contributed by atoms with Gasteiger partial charge in [0.15, 0.2) is 0 Å². The maximum Gasteiger partial charge on any atom is 0.340 e. The van der Waals surface area contributed by atoms with Gasteiger partial charge in [0, 0.05) is 17.0 Å². The summed E-state index contributed by atoms with van der Waals surface area (Å²) in [5.74, 6) is 0.459. The van der Waals surface area contributed by atoms with Gasteiger partial charge in [0.1, 0.15) is 5.75 Å². The molecule has 0 saturated carbocycles. The highest BCUT2D eigenvalue weighted by atomic mass is 16.5. The average Bonchev–Trinajstić information content (AvgIpc) is 2.72. The number of hydrogen-bond acceptors (Lipinski definition) is 3. The van der Waals surface area contributed by atoms with E-state index in [0.717, 1.165) is 28.3 Å². The van der Waals surface area contributed by atoms with Crippen molar-refractivity contribution >= 4 is 5.97 Å². The van der Waals surface area contributed by atoms with Gasteiger partial charge in [-0.25, -0.2) is 4.79 Å². The van der Waals surface area contributed by atoms with Gasteiger partial charge in [0.25, 0.3) is 0 Å². The molecule has 0 unspecified atom stereocenters. The number of benzene rings is 1. The maximum absolute atomic E-state index is 11.9. The topological polar surface area (TPSA) is 51.3 Å². The van der Waals surface area contributed by atoms with E-state index in [1.54, 1.807) is 7.11 Å². The van der Waals surface area contributed by atoms with Gasteiger partial charge in [0.05, 0.1) is 19.8 Å². The van der Waals surface area contributed by atoms with Crippen LogP contribution in [0.5, 0.6) is 5.75 Å². The van der Waals surface area contributed by atoms with Crippen molar-refractivity contribution in [3.05, 3.63) is 41.2 Å². The first kappa shape index (κ1) is 13.2.